The molecule has 2 aromatic carbocycles. The molecule has 2 fully saturated rings. The van der Waals surface area contributed by atoms with E-state index < -0.39 is 0 Å². The van der Waals surface area contributed by atoms with Crippen LogP contribution in [0.4, 0.5) is 5.69 Å². The molecule has 0 spiro atoms. The maximum absolute atomic E-state index is 6.34. The Kier molecular flexibility index (Phi) is 5.21. The highest BCUT2D eigenvalue weighted by Crippen LogP contribution is 2.48. The molecule has 2 heterocycles. The van der Waals surface area contributed by atoms with E-state index >= 15 is 0 Å². The van der Waals surface area contributed by atoms with Crippen LogP contribution in [-0.4, -0.2) is 12.6 Å². The summed E-state index contributed by atoms with van der Waals surface area (Å²) in [5.74, 6) is 2.94. The van der Waals surface area contributed by atoms with Gasteiger partial charge in [0.05, 0.1) is 6.10 Å². The van der Waals surface area contributed by atoms with E-state index in [-0.39, 0.29) is 6.10 Å². The molecule has 2 aromatic rings. The highest BCUT2D eigenvalue weighted by atomic mass is 35.5. The van der Waals surface area contributed by atoms with Gasteiger partial charge in [-0.3, -0.25) is 0 Å². The Bertz CT molecular complexity index is 833. The van der Waals surface area contributed by atoms with Gasteiger partial charge in [0.1, 0.15) is 11.5 Å². The van der Waals surface area contributed by atoms with Crippen molar-refractivity contribution in [3.05, 3.63) is 53.1 Å². The van der Waals surface area contributed by atoms with Crippen LogP contribution in [0.15, 0.2) is 42.5 Å². The van der Waals surface area contributed by atoms with Crippen molar-refractivity contribution in [3.8, 4) is 11.5 Å². The molecule has 148 valence electrons. The van der Waals surface area contributed by atoms with Crippen molar-refractivity contribution in [2.75, 3.05) is 11.9 Å². The van der Waals surface area contributed by atoms with Gasteiger partial charge in [0.2, 0.25) is 0 Å². The molecule has 3 atom stereocenters. The second kappa shape index (κ2) is 7.96. The lowest BCUT2D eigenvalue weighted by atomic mass is 9.71. The molecule has 3 nitrogen and oxygen atoms in total. The maximum Gasteiger partial charge on any atom is 0.128 e. The minimum Gasteiger partial charge on any atom is -0.457 e. The zero-order valence-electron chi connectivity index (χ0n) is 16.2. The van der Waals surface area contributed by atoms with E-state index in [1.54, 1.807) is 0 Å². The minimum absolute atomic E-state index is 0.180. The van der Waals surface area contributed by atoms with Crippen LogP contribution in [0.2, 0.25) is 5.02 Å². The molecule has 0 amide bonds. The van der Waals surface area contributed by atoms with Crippen LogP contribution >= 0.6 is 11.6 Å². The number of rotatable bonds is 3. The van der Waals surface area contributed by atoms with Crippen LogP contribution in [0.25, 0.3) is 0 Å². The highest BCUT2D eigenvalue weighted by molar-refractivity contribution is 6.30. The van der Waals surface area contributed by atoms with E-state index in [2.05, 4.69) is 17.4 Å². The van der Waals surface area contributed by atoms with Gasteiger partial charge in [0.15, 0.2) is 0 Å². The van der Waals surface area contributed by atoms with E-state index in [0.717, 1.165) is 24.0 Å². The first-order chi connectivity index (χ1) is 13.8. The smallest absolute Gasteiger partial charge is 0.128 e. The molecule has 4 heteroatoms. The lowest BCUT2D eigenvalue weighted by Gasteiger charge is -2.47. The van der Waals surface area contributed by atoms with Crippen molar-refractivity contribution in [2.45, 2.75) is 57.1 Å². The van der Waals surface area contributed by atoms with Crippen molar-refractivity contribution < 1.29 is 9.47 Å². The average Bonchev–Trinajstić information content (AvgIpc) is 2.74. The molecule has 1 N–H and O–H groups in total. The van der Waals surface area contributed by atoms with Gasteiger partial charge in [0, 0.05) is 34.8 Å². The second-order valence-corrected chi connectivity index (χ2v) is 8.91. The molecule has 0 aromatic heterocycles. The van der Waals surface area contributed by atoms with Gasteiger partial charge in [-0.25, -0.2) is 0 Å². The standard InChI is InChI=1S/C24H28ClNO2/c25-17-8-4-9-18(14-17)28-19-11-12-22-21(15-19)24-20(10-5-13-27-24)23(26-22)16-6-2-1-3-7-16/h4,8-9,11-12,14-16,20,23-24,26H,1-3,5-7,10,13H2/t20-,23-,24-/m0/s1. The summed E-state index contributed by atoms with van der Waals surface area (Å²) in [4.78, 5) is 0. The van der Waals surface area contributed by atoms with E-state index in [1.807, 2.05) is 30.3 Å². The topological polar surface area (TPSA) is 30.5 Å². The van der Waals surface area contributed by atoms with Gasteiger partial charge in [-0.15, -0.1) is 0 Å². The third-order valence-corrected chi connectivity index (χ3v) is 6.91. The van der Waals surface area contributed by atoms with Gasteiger partial charge in [-0.05, 0) is 68.0 Å². The number of fused-ring (bicyclic) bond motifs is 3. The summed E-state index contributed by atoms with van der Waals surface area (Å²) in [5.41, 5.74) is 2.47. The van der Waals surface area contributed by atoms with Gasteiger partial charge in [-0.1, -0.05) is 36.9 Å². The van der Waals surface area contributed by atoms with Crippen LogP contribution in [-0.2, 0) is 4.74 Å². The molecule has 28 heavy (non-hydrogen) atoms. The summed E-state index contributed by atoms with van der Waals surface area (Å²) in [5, 5.41) is 4.59. The minimum atomic E-state index is 0.180. The molecular formula is C24H28ClNO2. The average molecular weight is 398 g/mol. The highest BCUT2D eigenvalue weighted by Gasteiger charge is 2.42. The summed E-state index contributed by atoms with van der Waals surface area (Å²) in [6, 6.07) is 14.5. The number of hydrogen-bond donors (Lipinski definition) is 1. The third kappa shape index (κ3) is 3.62. The number of benzene rings is 2. The Morgan fingerprint density at radius 3 is 2.64 bits per heavy atom. The lowest BCUT2D eigenvalue weighted by Crippen LogP contribution is -2.46. The molecule has 0 radical (unpaired) electrons. The predicted molar refractivity (Wildman–Crippen MR) is 113 cm³/mol. The van der Waals surface area contributed by atoms with Crippen molar-refractivity contribution in [1.82, 2.24) is 0 Å². The lowest BCUT2D eigenvalue weighted by molar-refractivity contribution is -0.0458. The van der Waals surface area contributed by atoms with Crippen LogP contribution < -0.4 is 10.1 Å². The van der Waals surface area contributed by atoms with Gasteiger partial charge < -0.3 is 14.8 Å². The number of nitrogens with one attached hydrogen (secondary N) is 1. The zero-order valence-corrected chi connectivity index (χ0v) is 17.0. The molecule has 1 saturated heterocycles. The first-order valence-electron chi connectivity index (χ1n) is 10.7. The second-order valence-electron chi connectivity index (χ2n) is 8.47. The van der Waals surface area contributed by atoms with Crippen LogP contribution in [0.1, 0.15) is 56.6 Å². The molecule has 2 aliphatic heterocycles. The maximum atomic E-state index is 6.34. The van der Waals surface area contributed by atoms with Crippen molar-refractivity contribution in [2.24, 2.45) is 11.8 Å². The molecule has 1 aliphatic carbocycles. The Morgan fingerprint density at radius 2 is 1.79 bits per heavy atom. The molecular weight excluding hydrogens is 370 g/mol. The molecule has 0 bridgehead atoms. The summed E-state index contributed by atoms with van der Waals surface area (Å²) >= 11 is 6.10. The predicted octanol–water partition coefficient (Wildman–Crippen LogP) is 6.97. The number of anilines is 1. The quantitative estimate of drug-likeness (QED) is 0.606. The summed E-state index contributed by atoms with van der Waals surface area (Å²) < 4.78 is 12.4. The first kappa shape index (κ1) is 18.3. The molecule has 1 saturated carbocycles. The largest absolute Gasteiger partial charge is 0.457 e. The van der Waals surface area contributed by atoms with Crippen LogP contribution in [0.5, 0.6) is 11.5 Å². The summed E-state index contributed by atoms with van der Waals surface area (Å²) in [7, 11) is 0. The van der Waals surface area contributed by atoms with Gasteiger partial charge >= 0.3 is 0 Å². The fourth-order valence-electron chi connectivity index (χ4n) is 5.38. The molecule has 0 unspecified atom stereocenters. The van der Waals surface area contributed by atoms with E-state index in [0.29, 0.717) is 17.0 Å². The third-order valence-electron chi connectivity index (χ3n) is 6.67. The summed E-state index contributed by atoms with van der Waals surface area (Å²) in [6.07, 6.45) is 9.45. The fourth-order valence-corrected chi connectivity index (χ4v) is 5.56. The monoisotopic (exact) mass is 397 g/mol. The Morgan fingerprint density at radius 1 is 0.929 bits per heavy atom. The Balaban J connectivity index is 1.43. The van der Waals surface area contributed by atoms with Crippen LogP contribution in [0.3, 0.4) is 0 Å². The van der Waals surface area contributed by atoms with E-state index in [9.17, 15) is 0 Å². The SMILES string of the molecule is Clc1cccc(Oc2ccc3c(c2)[C@H]2OCCC[C@H]2[C@H](C2CCCCC2)N3)c1. The van der Waals surface area contributed by atoms with Gasteiger partial charge in [0.25, 0.3) is 0 Å². The van der Waals surface area contributed by atoms with Crippen LogP contribution in [0, 0.1) is 11.8 Å². The van der Waals surface area contributed by atoms with Crippen molar-refractivity contribution in [3.63, 3.8) is 0 Å². The Labute approximate surface area is 172 Å². The normalized spacial score (nSPS) is 27.4. The number of halogens is 1. The summed E-state index contributed by atoms with van der Waals surface area (Å²) in [6.45, 7) is 0.859. The number of hydrogen-bond acceptors (Lipinski definition) is 3. The molecule has 3 aliphatic rings. The van der Waals surface area contributed by atoms with Crippen molar-refractivity contribution >= 4 is 17.3 Å². The van der Waals surface area contributed by atoms with Crippen molar-refractivity contribution in [1.29, 1.82) is 0 Å². The molecule has 5 rings (SSSR count). The fraction of sp³-hybridized carbons (Fsp3) is 0.500. The Hall–Kier alpha value is -1.71. The van der Waals surface area contributed by atoms with E-state index in [4.69, 9.17) is 21.1 Å². The number of ether oxygens (including phenoxy) is 2. The van der Waals surface area contributed by atoms with Gasteiger partial charge in [-0.2, -0.15) is 0 Å². The first-order valence-corrected chi connectivity index (χ1v) is 11.1. The zero-order chi connectivity index (χ0) is 18.9. The van der Waals surface area contributed by atoms with E-state index in [1.165, 1.54) is 56.2 Å².